The lowest BCUT2D eigenvalue weighted by atomic mass is 9.75. The molecule has 4 aliphatic rings. The molecule has 2 aromatic rings. The van der Waals surface area contributed by atoms with Gasteiger partial charge in [-0.1, -0.05) is 34.1 Å². The maximum absolute atomic E-state index is 14.0. The summed E-state index contributed by atoms with van der Waals surface area (Å²) in [6, 6.07) is 14.9. The van der Waals surface area contributed by atoms with Crippen LogP contribution in [0.3, 0.4) is 0 Å². The number of para-hydroxylation sites is 1. The number of amides is 3. The lowest BCUT2D eigenvalue weighted by molar-refractivity contribution is -0.137. The SMILES string of the molecule is CCN1C(=O)[C@]2(c3ccccc31)[C@@H]1C(=O)N(c3ccc(Br)cc3)C(=O)[C@@H]1[C@@H]1CCCN12. The summed E-state index contributed by atoms with van der Waals surface area (Å²) in [5.41, 5.74) is 1.22. The molecule has 1 spiro atoms. The molecule has 3 amide bonds. The van der Waals surface area contributed by atoms with Crippen LogP contribution in [0.2, 0.25) is 0 Å². The van der Waals surface area contributed by atoms with Crippen molar-refractivity contribution in [3.8, 4) is 0 Å². The minimum atomic E-state index is -1.09. The van der Waals surface area contributed by atoms with Crippen molar-refractivity contribution in [2.75, 3.05) is 22.9 Å². The summed E-state index contributed by atoms with van der Waals surface area (Å²) in [6.07, 6.45) is 1.76. The highest BCUT2D eigenvalue weighted by molar-refractivity contribution is 9.10. The van der Waals surface area contributed by atoms with Crippen LogP contribution in [0.15, 0.2) is 53.0 Å². The quantitative estimate of drug-likeness (QED) is 0.620. The number of carbonyl (C=O) groups excluding carboxylic acids is 3. The summed E-state index contributed by atoms with van der Waals surface area (Å²) >= 11 is 3.41. The highest BCUT2D eigenvalue weighted by Crippen LogP contribution is 2.61. The summed E-state index contributed by atoms with van der Waals surface area (Å²) in [7, 11) is 0. The molecule has 6 rings (SSSR count). The number of rotatable bonds is 2. The fourth-order valence-electron chi connectivity index (χ4n) is 6.50. The summed E-state index contributed by atoms with van der Waals surface area (Å²) in [5, 5.41) is 0. The van der Waals surface area contributed by atoms with Crippen molar-refractivity contribution in [2.24, 2.45) is 11.8 Å². The van der Waals surface area contributed by atoms with E-state index in [1.807, 2.05) is 43.3 Å². The van der Waals surface area contributed by atoms with Gasteiger partial charge in [-0.05, 0) is 56.6 Å². The first kappa shape index (κ1) is 19.2. The Morgan fingerprint density at radius 3 is 2.52 bits per heavy atom. The van der Waals surface area contributed by atoms with Crippen molar-refractivity contribution < 1.29 is 14.4 Å². The van der Waals surface area contributed by atoms with Crippen LogP contribution in [0.5, 0.6) is 0 Å². The normalized spacial score (nSPS) is 31.7. The third-order valence-corrected chi connectivity index (χ3v) is 8.07. The van der Waals surface area contributed by atoms with E-state index < -0.39 is 17.4 Å². The number of halogens is 1. The molecule has 7 heteroatoms. The number of anilines is 2. The number of hydrogen-bond acceptors (Lipinski definition) is 4. The molecule has 158 valence electrons. The fraction of sp³-hybridized carbons (Fsp3) is 0.375. The van der Waals surface area contributed by atoms with Crippen LogP contribution >= 0.6 is 15.9 Å². The lowest BCUT2D eigenvalue weighted by Gasteiger charge is -2.37. The zero-order valence-corrected chi connectivity index (χ0v) is 18.7. The van der Waals surface area contributed by atoms with E-state index in [1.165, 1.54) is 4.90 Å². The largest absolute Gasteiger partial charge is 0.310 e. The lowest BCUT2D eigenvalue weighted by Crippen LogP contribution is -2.56. The molecule has 0 radical (unpaired) electrons. The number of fused-ring (bicyclic) bond motifs is 7. The molecule has 6 nitrogen and oxygen atoms in total. The maximum Gasteiger partial charge on any atom is 0.253 e. The van der Waals surface area contributed by atoms with Gasteiger partial charge in [0.2, 0.25) is 11.8 Å². The van der Waals surface area contributed by atoms with E-state index in [0.29, 0.717) is 12.2 Å². The van der Waals surface area contributed by atoms with Gasteiger partial charge in [0.1, 0.15) is 5.54 Å². The minimum Gasteiger partial charge on any atom is -0.310 e. The Hall–Kier alpha value is -2.51. The molecule has 31 heavy (non-hydrogen) atoms. The molecule has 4 atom stereocenters. The molecule has 0 unspecified atom stereocenters. The third-order valence-electron chi connectivity index (χ3n) is 7.55. The summed E-state index contributed by atoms with van der Waals surface area (Å²) in [4.78, 5) is 46.9. The van der Waals surface area contributed by atoms with Gasteiger partial charge >= 0.3 is 0 Å². The van der Waals surface area contributed by atoms with Crippen molar-refractivity contribution in [3.63, 3.8) is 0 Å². The predicted octanol–water partition coefficient (Wildman–Crippen LogP) is 3.29. The molecule has 3 saturated heterocycles. The average Bonchev–Trinajstić information content (AvgIpc) is 3.47. The topological polar surface area (TPSA) is 60.9 Å². The van der Waals surface area contributed by atoms with Crippen LogP contribution in [0, 0.1) is 11.8 Å². The van der Waals surface area contributed by atoms with Gasteiger partial charge < -0.3 is 4.90 Å². The summed E-state index contributed by atoms with van der Waals surface area (Å²) < 4.78 is 0.882. The molecule has 0 bridgehead atoms. The van der Waals surface area contributed by atoms with Crippen molar-refractivity contribution in [1.29, 1.82) is 0 Å². The van der Waals surface area contributed by atoms with Crippen molar-refractivity contribution in [2.45, 2.75) is 31.3 Å². The van der Waals surface area contributed by atoms with Crippen LogP contribution in [0.1, 0.15) is 25.3 Å². The Labute approximate surface area is 188 Å². The summed E-state index contributed by atoms with van der Waals surface area (Å²) in [6.45, 7) is 3.22. The molecule has 0 saturated carbocycles. The van der Waals surface area contributed by atoms with Gasteiger partial charge in [-0.2, -0.15) is 0 Å². The first-order valence-electron chi connectivity index (χ1n) is 10.8. The Bertz CT molecular complexity index is 1130. The Morgan fingerprint density at radius 2 is 1.77 bits per heavy atom. The molecular weight excluding hydrogens is 458 g/mol. The molecule has 0 aromatic heterocycles. The van der Waals surface area contributed by atoms with Crippen LogP contribution < -0.4 is 9.80 Å². The number of hydrogen-bond donors (Lipinski definition) is 0. The van der Waals surface area contributed by atoms with Gasteiger partial charge in [0.05, 0.1) is 17.5 Å². The monoisotopic (exact) mass is 479 g/mol. The molecule has 3 fully saturated rings. The van der Waals surface area contributed by atoms with Gasteiger partial charge in [-0.3, -0.25) is 19.3 Å². The van der Waals surface area contributed by atoms with E-state index in [-0.39, 0.29) is 23.8 Å². The molecule has 2 aromatic carbocycles. The standard InChI is InChI=1S/C24H22BrN3O3/c1-2-26-17-7-4-3-6-16(17)24(23(26)31)20-19(18-8-5-13-27(18)24)21(29)28(22(20)30)15-11-9-14(25)10-12-15/h3-4,6-7,9-12,18-20H,2,5,8,13H2,1H3/t18-,19+,20-,24-/m0/s1. The second-order valence-corrected chi connectivity index (χ2v) is 9.64. The van der Waals surface area contributed by atoms with Crippen LogP contribution in [0.25, 0.3) is 0 Å². The van der Waals surface area contributed by atoms with Gasteiger partial charge in [0.15, 0.2) is 0 Å². The second kappa shape index (κ2) is 6.50. The van der Waals surface area contributed by atoms with Gasteiger partial charge in [0.25, 0.3) is 5.91 Å². The highest BCUT2D eigenvalue weighted by Gasteiger charge is 2.75. The smallest absolute Gasteiger partial charge is 0.253 e. The van der Waals surface area contributed by atoms with Crippen LogP contribution in [0.4, 0.5) is 11.4 Å². The minimum absolute atomic E-state index is 0.0607. The summed E-state index contributed by atoms with van der Waals surface area (Å²) in [5.74, 6) is -1.68. The Balaban J connectivity index is 1.57. The van der Waals surface area contributed by atoms with E-state index in [1.54, 1.807) is 17.0 Å². The first-order valence-corrected chi connectivity index (χ1v) is 11.6. The van der Waals surface area contributed by atoms with Crippen molar-refractivity contribution in [3.05, 3.63) is 58.6 Å². The van der Waals surface area contributed by atoms with Crippen molar-refractivity contribution in [1.82, 2.24) is 4.90 Å². The molecule has 0 N–H and O–H groups in total. The zero-order valence-electron chi connectivity index (χ0n) is 17.1. The van der Waals surface area contributed by atoms with Crippen LogP contribution in [-0.2, 0) is 19.9 Å². The zero-order chi connectivity index (χ0) is 21.5. The van der Waals surface area contributed by atoms with Crippen molar-refractivity contribution >= 4 is 45.0 Å². The van der Waals surface area contributed by atoms with E-state index >= 15 is 0 Å². The van der Waals surface area contributed by atoms with Gasteiger partial charge in [0, 0.05) is 28.3 Å². The Kier molecular flexibility index (Phi) is 4.02. The molecule has 4 heterocycles. The number of carbonyl (C=O) groups is 3. The van der Waals surface area contributed by atoms with E-state index in [2.05, 4.69) is 20.8 Å². The van der Waals surface area contributed by atoms with Gasteiger partial charge in [-0.15, -0.1) is 0 Å². The van der Waals surface area contributed by atoms with Crippen LogP contribution in [-0.4, -0.2) is 41.8 Å². The van der Waals surface area contributed by atoms with E-state index in [9.17, 15) is 14.4 Å². The third kappa shape index (κ3) is 2.18. The number of imide groups is 1. The maximum atomic E-state index is 14.0. The Morgan fingerprint density at radius 1 is 1.03 bits per heavy atom. The fourth-order valence-corrected chi connectivity index (χ4v) is 6.76. The molecule has 4 aliphatic heterocycles. The van der Waals surface area contributed by atoms with E-state index in [4.69, 9.17) is 0 Å². The predicted molar refractivity (Wildman–Crippen MR) is 119 cm³/mol. The van der Waals surface area contributed by atoms with Gasteiger partial charge in [-0.25, -0.2) is 4.90 Å². The highest BCUT2D eigenvalue weighted by atomic mass is 79.9. The average molecular weight is 480 g/mol. The first-order chi connectivity index (χ1) is 15.0. The second-order valence-electron chi connectivity index (χ2n) is 8.73. The number of likely N-dealkylation sites (N-methyl/N-ethyl adjacent to an activating group) is 1. The van der Waals surface area contributed by atoms with E-state index in [0.717, 1.165) is 35.1 Å². The number of benzene rings is 2. The molecular formula is C24H22BrN3O3. The number of nitrogens with zero attached hydrogens (tertiary/aromatic N) is 3. The molecule has 0 aliphatic carbocycles.